The number of hydrogen-bond donors (Lipinski definition) is 4. The van der Waals surface area contributed by atoms with Crippen LogP contribution in [-0.4, -0.2) is 117 Å². The number of aromatic nitrogens is 4. The van der Waals surface area contributed by atoms with E-state index in [0.29, 0.717) is 42.8 Å². The van der Waals surface area contributed by atoms with E-state index in [2.05, 4.69) is 20.6 Å². The van der Waals surface area contributed by atoms with Gasteiger partial charge in [-0.1, -0.05) is 76.2 Å². The molecule has 0 bridgehead atoms. The number of alkyl carbamates (subject to hydrolysis) is 2. The lowest BCUT2D eigenvalue weighted by molar-refractivity contribution is -0.138. The van der Waals surface area contributed by atoms with Gasteiger partial charge in [-0.25, -0.2) is 24.4 Å². The van der Waals surface area contributed by atoms with Gasteiger partial charge in [0, 0.05) is 26.1 Å². The van der Waals surface area contributed by atoms with Crippen LogP contribution >= 0.6 is 0 Å². The zero-order valence-corrected chi connectivity index (χ0v) is 40.2. The Hall–Kier alpha value is -7.57. The summed E-state index contributed by atoms with van der Waals surface area (Å²) in [5.74, 6) is 1.62. The molecular weight excluding hydrogens is 899 g/mol. The molecule has 4 aliphatic rings. The number of carbonyl (C=O) groups excluding carboxylic acids is 5. The van der Waals surface area contributed by atoms with E-state index in [1.54, 1.807) is 22.2 Å². The summed E-state index contributed by atoms with van der Waals surface area (Å²) in [5, 5.41) is 5.40. The number of aromatic amines is 2. The van der Waals surface area contributed by atoms with Crippen LogP contribution in [0.5, 0.6) is 11.5 Å². The zero-order chi connectivity index (χ0) is 49.2. The number of rotatable bonds is 12. The van der Waals surface area contributed by atoms with Crippen molar-refractivity contribution in [2.75, 3.05) is 34.1 Å². The van der Waals surface area contributed by atoms with Crippen molar-refractivity contribution < 1.29 is 47.7 Å². The first kappa shape index (κ1) is 47.5. The highest BCUT2D eigenvalue weighted by molar-refractivity contribution is 5.87. The third-order valence-corrected chi connectivity index (χ3v) is 13.6. The number of carbonyl (C=O) groups is 5. The summed E-state index contributed by atoms with van der Waals surface area (Å²) in [4.78, 5) is 87.6. The van der Waals surface area contributed by atoms with E-state index in [1.165, 1.54) is 14.2 Å². The summed E-state index contributed by atoms with van der Waals surface area (Å²) in [5.41, 5.74) is 7.30. The Labute approximate surface area is 405 Å². The van der Waals surface area contributed by atoms with Crippen LogP contribution in [0, 0.1) is 11.8 Å². The van der Waals surface area contributed by atoms with Crippen LogP contribution in [0.4, 0.5) is 14.4 Å². The first-order valence-corrected chi connectivity index (χ1v) is 23.8. The Bertz CT molecular complexity index is 2700. The van der Waals surface area contributed by atoms with Crippen LogP contribution in [0.1, 0.15) is 88.2 Å². The van der Waals surface area contributed by atoms with E-state index < -0.39 is 42.5 Å². The molecule has 368 valence electrons. The Balaban J connectivity index is 0.875. The van der Waals surface area contributed by atoms with Crippen molar-refractivity contribution in [2.45, 2.75) is 96.7 Å². The minimum atomic E-state index is -0.900. The number of ether oxygens (including phenoxy) is 5. The molecule has 2 fully saturated rings. The maximum atomic E-state index is 14.3. The molecule has 2 unspecified atom stereocenters. The molecule has 3 aromatic carbocycles. The fraction of sp³-hybridized carbons (Fsp3) is 0.431. The number of methoxy groups -OCH3 is 2. The second-order valence-electron chi connectivity index (χ2n) is 18.9. The van der Waals surface area contributed by atoms with Gasteiger partial charge >= 0.3 is 18.3 Å². The molecule has 9 rings (SSSR count). The average Bonchev–Trinajstić information content (AvgIpc) is 4.24. The summed E-state index contributed by atoms with van der Waals surface area (Å²) in [6, 6.07) is 17.6. The van der Waals surface area contributed by atoms with E-state index in [4.69, 9.17) is 33.7 Å². The quantitative estimate of drug-likeness (QED) is 0.0895. The molecule has 2 saturated heterocycles. The maximum absolute atomic E-state index is 14.3. The van der Waals surface area contributed by atoms with E-state index in [-0.39, 0.29) is 49.5 Å². The fourth-order valence-corrected chi connectivity index (χ4v) is 9.75. The van der Waals surface area contributed by atoms with Crippen molar-refractivity contribution in [1.82, 2.24) is 45.3 Å². The molecular formula is C51H59N9O10. The lowest BCUT2D eigenvalue weighted by Gasteiger charge is -2.37. The summed E-state index contributed by atoms with van der Waals surface area (Å²) >= 11 is 0. The highest BCUT2D eigenvalue weighted by Crippen LogP contribution is 2.40. The van der Waals surface area contributed by atoms with Crippen LogP contribution in [0.15, 0.2) is 73.1 Å². The maximum Gasteiger partial charge on any atom is 0.410 e. The summed E-state index contributed by atoms with van der Waals surface area (Å²) < 4.78 is 26.8. The molecule has 5 aromatic rings. The molecule has 0 spiro atoms. The van der Waals surface area contributed by atoms with Crippen molar-refractivity contribution in [3.05, 3.63) is 95.8 Å². The van der Waals surface area contributed by atoms with Gasteiger partial charge in [-0.2, -0.15) is 0 Å². The van der Waals surface area contributed by atoms with Crippen LogP contribution < -0.4 is 20.1 Å². The smallest absolute Gasteiger partial charge is 0.410 e. The monoisotopic (exact) mass is 957 g/mol. The molecule has 6 heterocycles. The van der Waals surface area contributed by atoms with Crippen molar-refractivity contribution in [3.63, 3.8) is 0 Å². The van der Waals surface area contributed by atoms with Crippen LogP contribution in [0.3, 0.4) is 0 Å². The number of benzene rings is 3. The molecule has 19 nitrogen and oxygen atoms in total. The fourth-order valence-electron chi connectivity index (χ4n) is 9.75. The van der Waals surface area contributed by atoms with Gasteiger partial charge in [0.25, 0.3) is 0 Å². The second kappa shape index (κ2) is 20.2. The molecule has 5 amide bonds. The van der Waals surface area contributed by atoms with Crippen LogP contribution in [0.2, 0.25) is 0 Å². The van der Waals surface area contributed by atoms with Gasteiger partial charge in [-0.05, 0) is 76.6 Å². The number of nitrogens with zero attached hydrogens (tertiary/aromatic N) is 5. The number of hydrogen-bond acceptors (Lipinski definition) is 12. The normalized spacial score (nSPS) is 19.2. The Kier molecular flexibility index (Phi) is 13.7. The minimum Gasteiger partial charge on any atom is -0.454 e. The molecule has 70 heavy (non-hydrogen) atoms. The van der Waals surface area contributed by atoms with Gasteiger partial charge in [0.2, 0.25) is 18.6 Å². The highest BCUT2D eigenvalue weighted by atomic mass is 16.7. The SMILES string of the molecule is COC(=O)N[C@H](C(=O)N1CCCCC1c1ncc(-c2ccc(-c3ccc(-c4cnc(C5C[C@H](OC(=O)N6Cc7cc8c(cc7C6)OCO8)CN5C(=O)[C@@H](NC(=O)OC)C(C)C)[nH]4)cc3)cc2)[nH]1)C(C)C. The Morgan fingerprint density at radius 2 is 1.16 bits per heavy atom. The lowest BCUT2D eigenvalue weighted by Crippen LogP contribution is -2.53. The zero-order valence-electron chi connectivity index (χ0n) is 40.2. The molecule has 0 saturated carbocycles. The molecule has 4 N–H and O–H groups in total. The third kappa shape index (κ3) is 9.82. The van der Waals surface area contributed by atoms with Gasteiger partial charge in [-0.3, -0.25) is 14.5 Å². The molecule has 4 aliphatic heterocycles. The summed E-state index contributed by atoms with van der Waals surface area (Å²) in [6.07, 6.45) is 3.87. The average molecular weight is 958 g/mol. The number of fused-ring (bicyclic) bond motifs is 2. The molecule has 19 heteroatoms. The van der Waals surface area contributed by atoms with Crippen molar-refractivity contribution in [3.8, 4) is 45.1 Å². The number of nitrogens with one attached hydrogen (secondary N) is 4. The first-order valence-electron chi connectivity index (χ1n) is 23.8. The Morgan fingerprint density at radius 3 is 1.66 bits per heavy atom. The molecule has 5 atom stereocenters. The number of piperidine rings is 1. The first-order chi connectivity index (χ1) is 33.8. The van der Waals surface area contributed by atoms with Gasteiger partial charge in [0.15, 0.2) is 11.5 Å². The van der Waals surface area contributed by atoms with E-state index >= 15 is 0 Å². The predicted molar refractivity (Wildman–Crippen MR) is 255 cm³/mol. The number of amides is 5. The predicted octanol–water partition coefficient (Wildman–Crippen LogP) is 7.47. The van der Waals surface area contributed by atoms with E-state index in [1.807, 2.05) is 93.3 Å². The highest BCUT2D eigenvalue weighted by Gasteiger charge is 2.44. The largest absolute Gasteiger partial charge is 0.454 e. The third-order valence-electron chi connectivity index (χ3n) is 13.6. The van der Waals surface area contributed by atoms with E-state index in [9.17, 15) is 24.0 Å². The van der Waals surface area contributed by atoms with Crippen LogP contribution in [-0.2, 0) is 36.9 Å². The molecule has 0 aliphatic carbocycles. The molecule has 0 radical (unpaired) electrons. The van der Waals surface area contributed by atoms with Crippen LogP contribution in [0.25, 0.3) is 33.6 Å². The summed E-state index contributed by atoms with van der Waals surface area (Å²) in [7, 11) is 2.53. The number of H-pyrrole nitrogens is 2. The van der Waals surface area contributed by atoms with Gasteiger partial charge < -0.3 is 54.1 Å². The molecule has 2 aromatic heterocycles. The van der Waals surface area contributed by atoms with Crippen molar-refractivity contribution in [2.24, 2.45) is 11.8 Å². The second-order valence-corrected chi connectivity index (χ2v) is 18.9. The van der Waals surface area contributed by atoms with Crippen molar-refractivity contribution in [1.29, 1.82) is 0 Å². The topological polar surface area (TPSA) is 223 Å². The standard InChI is InChI=1S/C51H59N9O10/c1-28(2)43(56-49(63)66-5)47(61)59-18-8-7-9-39(59)45-52-22-37(54-45)32-14-10-30(11-15-32)31-12-16-33(17-13-31)38-23-53-46(55-38)40-21-36(26-60(40)48(62)44(29(3)4)57-50(64)67-6)70-51(65)58-24-34-19-41-42(69-27-68-41)20-35(34)25-58/h10-17,19-20,22-23,28-29,36,39-40,43-44H,7-9,18,21,24-27H2,1-6H3,(H,52,54)(H,53,55)(H,56,63)(H,57,64)/t36-,39?,40?,43-,44-/m0/s1. The van der Waals surface area contributed by atoms with Gasteiger partial charge in [0.05, 0.1) is 56.6 Å². The van der Waals surface area contributed by atoms with Crippen molar-refractivity contribution >= 4 is 30.1 Å². The Morgan fingerprint density at radius 1 is 0.671 bits per heavy atom. The number of likely N-dealkylation sites (tertiary alicyclic amines) is 2. The minimum absolute atomic E-state index is 0.0970. The summed E-state index contributed by atoms with van der Waals surface area (Å²) in [6.45, 7) is 9.01. The van der Waals surface area contributed by atoms with E-state index in [0.717, 1.165) is 64.0 Å². The number of imidazole rings is 2. The lowest BCUT2D eigenvalue weighted by atomic mass is 9.97. The van der Waals surface area contributed by atoms with Gasteiger partial charge in [0.1, 0.15) is 29.8 Å². The van der Waals surface area contributed by atoms with Gasteiger partial charge in [-0.15, -0.1) is 0 Å².